The molecule has 2 aromatic rings. The van der Waals surface area contributed by atoms with E-state index in [4.69, 9.17) is 17.3 Å². The number of hydrogen-bond acceptors (Lipinski definition) is 5. The first-order valence-corrected chi connectivity index (χ1v) is 8.39. The van der Waals surface area contributed by atoms with Crippen molar-refractivity contribution in [3.05, 3.63) is 40.5 Å². The largest absolute Gasteiger partial charge is 0.368 e. The molecule has 0 aliphatic carbocycles. The number of aromatic nitrogens is 2. The highest BCUT2D eigenvalue weighted by atomic mass is 35.5. The van der Waals surface area contributed by atoms with Gasteiger partial charge in [0.15, 0.2) is 0 Å². The van der Waals surface area contributed by atoms with E-state index in [-0.39, 0.29) is 10.7 Å². The molecule has 0 amide bonds. The number of aryl methyl sites for hydroxylation is 1. The third-order valence-electron chi connectivity index (χ3n) is 2.96. The van der Waals surface area contributed by atoms with E-state index >= 15 is 0 Å². The highest BCUT2D eigenvalue weighted by Crippen LogP contribution is 2.32. The molecule has 1 aromatic carbocycles. The Bertz CT molecular complexity index is 668. The first-order chi connectivity index (χ1) is 10.2. The van der Waals surface area contributed by atoms with E-state index < -0.39 is 0 Å². The maximum Gasteiger partial charge on any atom is 0.221 e. The quantitative estimate of drug-likeness (QED) is 0.839. The molecule has 1 heterocycles. The summed E-state index contributed by atoms with van der Waals surface area (Å²) in [5.74, 6) is 1.83. The Balaban J connectivity index is 2.20. The molecule has 0 aliphatic heterocycles. The summed E-state index contributed by atoms with van der Waals surface area (Å²) in [7, 11) is 0. The van der Waals surface area contributed by atoms with Gasteiger partial charge in [0.2, 0.25) is 5.95 Å². The van der Waals surface area contributed by atoms with Crippen molar-refractivity contribution in [2.24, 2.45) is 0 Å². The van der Waals surface area contributed by atoms with E-state index in [2.05, 4.69) is 42.1 Å². The zero-order valence-corrected chi connectivity index (χ0v) is 14.8. The van der Waals surface area contributed by atoms with Crippen molar-refractivity contribution < 1.29 is 0 Å². The van der Waals surface area contributed by atoms with E-state index in [0.29, 0.717) is 5.82 Å². The van der Waals surface area contributed by atoms with E-state index in [1.165, 1.54) is 0 Å². The van der Waals surface area contributed by atoms with Gasteiger partial charge in [-0.25, -0.2) is 4.98 Å². The van der Waals surface area contributed by atoms with Crippen molar-refractivity contribution in [1.82, 2.24) is 9.97 Å². The number of hydrogen-bond donors (Lipinski definition) is 2. The minimum atomic E-state index is 0.199. The zero-order valence-electron chi connectivity index (χ0n) is 13.3. The van der Waals surface area contributed by atoms with Gasteiger partial charge in [-0.2, -0.15) is 16.7 Å². The second-order valence-corrected chi connectivity index (χ2v) is 8.30. The molecule has 6 heteroatoms. The van der Waals surface area contributed by atoms with Crippen LogP contribution in [0.15, 0.2) is 24.4 Å². The van der Waals surface area contributed by atoms with Gasteiger partial charge in [-0.1, -0.05) is 32.4 Å². The molecular formula is C16H21ClN4S. The minimum Gasteiger partial charge on any atom is -0.368 e. The van der Waals surface area contributed by atoms with E-state index in [1.54, 1.807) is 6.20 Å². The number of anilines is 3. The van der Waals surface area contributed by atoms with Crippen LogP contribution in [0.25, 0.3) is 0 Å². The summed E-state index contributed by atoms with van der Waals surface area (Å²) < 4.78 is 0.199. The summed E-state index contributed by atoms with van der Waals surface area (Å²) in [4.78, 5) is 8.19. The molecule has 0 saturated heterocycles. The highest BCUT2D eigenvalue weighted by Gasteiger charge is 2.12. The number of nitrogens with one attached hydrogen (secondary N) is 1. The monoisotopic (exact) mass is 336 g/mol. The molecule has 2 rings (SSSR count). The average Bonchev–Trinajstić information content (AvgIpc) is 2.42. The third-order valence-corrected chi connectivity index (χ3v) is 4.65. The fourth-order valence-electron chi connectivity index (χ4n) is 1.78. The Kier molecular flexibility index (Phi) is 5.19. The van der Waals surface area contributed by atoms with Gasteiger partial charge in [-0.05, 0) is 30.7 Å². The van der Waals surface area contributed by atoms with Crippen LogP contribution < -0.4 is 11.1 Å². The summed E-state index contributed by atoms with van der Waals surface area (Å²) in [6, 6.07) is 5.90. The molecule has 0 bridgehead atoms. The van der Waals surface area contributed by atoms with Crippen molar-refractivity contribution in [3.63, 3.8) is 0 Å². The normalized spacial score (nSPS) is 11.5. The molecule has 22 heavy (non-hydrogen) atoms. The maximum absolute atomic E-state index is 6.30. The highest BCUT2D eigenvalue weighted by molar-refractivity contribution is 7.99. The summed E-state index contributed by atoms with van der Waals surface area (Å²) >= 11 is 8.16. The van der Waals surface area contributed by atoms with Gasteiger partial charge in [0.1, 0.15) is 5.82 Å². The SMILES string of the molecule is Cc1cnc(N)nc1Nc1ccc(Cl)c(CSC(C)(C)C)c1. The van der Waals surface area contributed by atoms with Crippen molar-refractivity contribution in [1.29, 1.82) is 0 Å². The second-order valence-electron chi connectivity index (χ2n) is 6.09. The van der Waals surface area contributed by atoms with Gasteiger partial charge in [0.05, 0.1) is 0 Å². The van der Waals surface area contributed by atoms with E-state index in [0.717, 1.165) is 27.6 Å². The predicted molar refractivity (Wildman–Crippen MR) is 97.0 cm³/mol. The van der Waals surface area contributed by atoms with Crippen molar-refractivity contribution >= 4 is 40.8 Å². The molecule has 0 fully saturated rings. The molecule has 0 aliphatic rings. The standard InChI is InChI=1S/C16H21ClN4S/c1-10-8-19-15(18)21-14(10)20-12-5-6-13(17)11(7-12)9-22-16(2,3)4/h5-8H,9H2,1-4H3,(H3,18,19,20,21). The van der Waals surface area contributed by atoms with Crippen LogP contribution in [0.2, 0.25) is 5.02 Å². The Morgan fingerprint density at radius 1 is 1.32 bits per heavy atom. The lowest BCUT2D eigenvalue weighted by Crippen LogP contribution is -2.07. The van der Waals surface area contributed by atoms with Crippen LogP contribution in [-0.4, -0.2) is 14.7 Å². The number of nitrogen functional groups attached to an aromatic ring is 1. The molecule has 1 aromatic heterocycles. The van der Waals surface area contributed by atoms with Crippen LogP contribution in [0.5, 0.6) is 0 Å². The van der Waals surface area contributed by atoms with Gasteiger partial charge in [0.25, 0.3) is 0 Å². The van der Waals surface area contributed by atoms with Crippen LogP contribution in [0.3, 0.4) is 0 Å². The average molecular weight is 337 g/mol. The Morgan fingerprint density at radius 2 is 2.05 bits per heavy atom. The van der Waals surface area contributed by atoms with Crippen LogP contribution in [0, 0.1) is 6.92 Å². The molecule has 0 spiro atoms. The molecule has 118 valence electrons. The summed E-state index contributed by atoms with van der Waals surface area (Å²) in [5, 5.41) is 4.06. The fraction of sp³-hybridized carbons (Fsp3) is 0.375. The van der Waals surface area contributed by atoms with Crippen molar-refractivity contribution in [2.45, 2.75) is 38.2 Å². The second kappa shape index (κ2) is 6.75. The molecule has 4 nitrogen and oxygen atoms in total. The van der Waals surface area contributed by atoms with Crippen LogP contribution in [0.4, 0.5) is 17.5 Å². The summed E-state index contributed by atoms with van der Waals surface area (Å²) in [6.45, 7) is 8.52. The topological polar surface area (TPSA) is 63.8 Å². The molecule has 0 unspecified atom stereocenters. The van der Waals surface area contributed by atoms with Gasteiger partial charge in [0, 0.05) is 33.0 Å². The molecule has 3 N–H and O–H groups in total. The predicted octanol–water partition coefficient (Wildman–Crippen LogP) is 4.80. The molecule has 0 atom stereocenters. The summed E-state index contributed by atoms with van der Waals surface area (Å²) in [5.41, 5.74) is 8.63. The van der Waals surface area contributed by atoms with Gasteiger partial charge < -0.3 is 11.1 Å². The number of halogens is 1. The van der Waals surface area contributed by atoms with Gasteiger partial charge in [-0.15, -0.1) is 0 Å². The Hall–Kier alpha value is -1.46. The van der Waals surface area contributed by atoms with Crippen molar-refractivity contribution in [3.8, 4) is 0 Å². The number of rotatable bonds is 4. The lowest BCUT2D eigenvalue weighted by molar-refractivity contribution is 0.802. The summed E-state index contributed by atoms with van der Waals surface area (Å²) in [6.07, 6.45) is 1.71. The van der Waals surface area contributed by atoms with E-state index in [1.807, 2.05) is 30.8 Å². The van der Waals surface area contributed by atoms with E-state index in [9.17, 15) is 0 Å². The number of benzene rings is 1. The smallest absolute Gasteiger partial charge is 0.221 e. The van der Waals surface area contributed by atoms with Crippen LogP contribution in [0.1, 0.15) is 31.9 Å². The first kappa shape index (κ1) is 16.9. The Morgan fingerprint density at radius 3 is 2.73 bits per heavy atom. The van der Waals surface area contributed by atoms with Crippen molar-refractivity contribution in [2.75, 3.05) is 11.1 Å². The fourth-order valence-corrected chi connectivity index (χ4v) is 2.87. The molecular weight excluding hydrogens is 316 g/mol. The van der Waals surface area contributed by atoms with Crippen LogP contribution in [-0.2, 0) is 5.75 Å². The lowest BCUT2D eigenvalue weighted by Gasteiger charge is -2.18. The number of thioether (sulfide) groups is 1. The van der Waals surface area contributed by atoms with Gasteiger partial charge >= 0.3 is 0 Å². The molecule has 0 radical (unpaired) electrons. The minimum absolute atomic E-state index is 0.199. The Labute approximate surface area is 140 Å². The van der Waals surface area contributed by atoms with Crippen LogP contribution >= 0.6 is 23.4 Å². The number of nitrogens with two attached hydrogens (primary N) is 1. The number of nitrogens with zero attached hydrogens (tertiary/aromatic N) is 2. The lowest BCUT2D eigenvalue weighted by atomic mass is 10.2. The van der Waals surface area contributed by atoms with Gasteiger partial charge in [-0.3, -0.25) is 0 Å². The zero-order chi connectivity index (χ0) is 16.3. The third kappa shape index (κ3) is 4.78. The maximum atomic E-state index is 6.30. The first-order valence-electron chi connectivity index (χ1n) is 7.03. The molecule has 0 saturated carbocycles.